The van der Waals surface area contributed by atoms with E-state index in [-0.39, 0.29) is 5.75 Å². The summed E-state index contributed by atoms with van der Waals surface area (Å²) >= 11 is 0. The highest BCUT2D eigenvalue weighted by Gasteiger charge is 2.02. The van der Waals surface area contributed by atoms with Gasteiger partial charge in [0.15, 0.2) is 5.75 Å². The van der Waals surface area contributed by atoms with Crippen LogP contribution in [0.5, 0.6) is 11.5 Å². The van der Waals surface area contributed by atoms with E-state index >= 15 is 0 Å². The van der Waals surface area contributed by atoms with Crippen LogP contribution in [0.15, 0.2) is 67.0 Å². The number of rotatable bonds is 4. The Morgan fingerprint density at radius 2 is 1.90 bits per heavy atom. The van der Waals surface area contributed by atoms with E-state index in [1.807, 2.05) is 42.6 Å². The highest BCUT2D eigenvalue weighted by molar-refractivity contribution is 5.32. The molecule has 4 nitrogen and oxygen atoms in total. The van der Waals surface area contributed by atoms with E-state index in [0.717, 1.165) is 11.3 Å². The highest BCUT2D eigenvalue weighted by atomic mass is 16.5. The summed E-state index contributed by atoms with van der Waals surface area (Å²) in [6.45, 7) is 0.398. The van der Waals surface area contributed by atoms with Crippen LogP contribution in [0.1, 0.15) is 5.56 Å². The van der Waals surface area contributed by atoms with Crippen LogP contribution in [-0.2, 0) is 6.61 Å². The molecule has 0 aliphatic rings. The molecule has 1 heterocycles. The Bertz CT molecular complexity index is 692. The SMILES string of the molecule is Oc1cccc(COc2cnn(-c3ccccc3)c2)c1. The molecule has 0 fully saturated rings. The zero-order valence-electron chi connectivity index (χ0n) is 10.8. The van der Waals surface area contributed by atoms with Crippen molar-refractivity contribution < 1.29 is 9.84 Å². The molecule has 0 aliphatic carbocycles. The highest BCUT2D eigenvalue weighted by Crippen LogP contribution is 2.16. The van der Waals surface area contributed by atoms with Crippen molar-refractivity contribution >= 4 is 0 Å². The molecule has 0 saturated heterocycles. The second-order valence-electron chi connectivity index (χ2n) is 4.41. The summed E-state index contributed by atoms with van der Waals surface area (Å²) in [7, 11) is 0. The molecule has 4 heteroatoms. The van der Waals surface area contributed by atoms with Gasteiger partial charge < -0.3 is 9.84 Å². The third-order valence-electron chi connectivity index (χ3n) is 2.90. The first-order chi connectivity index (χ1) is 9.81. The molecule has 0 aliphatic heterocycles. The molecule has 0 bridgehead atoms. The summed E-state index contributed by atoms with van der Waals surface area (Å²) in [5.74, 6) is 0.934. The van der Waals surface area contributed by atoms with Crippen molar-refractivity contribution in [1.29, 1.82) is 0 Å². The summed E-state index contributed by atoms with van der Waals surface area (Å²) in [6, 6.07) is 16.9. The molecule has 3 aromatic rings. The molecule has 0 radical (unpaired) electrons. The number of nitrogens with zero attached hydrogens (tertiary/aromatic N) is 2. The molecular formula is C16H14N2O2. The van der Waals surface area contributed by atoms with Crippen LogP contribution >= 0.6 is 0 Å². The normalized spacial score (nSPS) is 10.4. The maximum atomic E-state index is 9.39. The van der Waals surface area contributed by atoms with Gasteiger partial charge in [-0.25, -0.2) is 4.68 Å². The number of aromatic hydroxyl groups is 1. The monoisotopic (exact) mass is 266 g/mol. The molecule has 0 amide bonds. The summed E-state index contributed by atoms with van der Waals surface area (Å²) in [5.41, 5.74) is 1.90. The number of benzene rings is 2. The quantitative estimate of drug-likeness (QED) is 0.789. The van der Waals surface area contributed by atoms with Crippen LogP contribution < -0.4 is 4.74 Å². The van der Waals surface area contributed by atoms with Crippen molar-refractivity contribution in [2.75, 3.05) is 0 Å². The molecule has 0 saturated carbocycles. The van der Waals surface area contributed by atoms with Crippen LogP contribution in [0.3, 0.4) is 0 Å². The van der Waals surface area contributed by atoms with Crippen molar-refractivity contribution in [1.82, 2.24) is 9.78 Å². The first-order valence-corrected chi connectivity index (χ1v) is 6.32. The number of para-hydroxylation sites is 1. The number of ether oxygens (including phenoxy) is 1. The van der Waals surface area contributed by atoms with E-state index in [1.165, 1.54) is 0 Å². The van der Waals surface area contributed by atoms with Crippen LogP contribution in [0.25, 0.3) is 5.69 Å². The number of aromatic nitrogens is 2. The molecule has 3 rings (SSSR count). The summed E-state index contributed by atoms with van der Waals surface area (Å²) < 4.78 is 7.42. The van der Waals surface area contributed by atoms with E-state index in [4.69, 9.17) is 4.74 Å². The van der Waals surface area contributed by atoms with E-state index in [9.17, 15) is 5.11 Å². The lowest BCUT2D eigenvalue weighted by molar-refractivity contribution is 0.305. The van der Waals surface area contributed by atoms with E-state index in [0.29, 0.717) is 12.4 Å². The zero-order valence-corrected chi connectivity index (χ0v) is 10.8. The average Bonchev–Trinajstić information content (AvgIpc) is 2.95. The maximum absolute atomic E-state index is 9.39. The van der Waals surface area contributed by atoms with Crippen LogP contribution in [0, 0.1) is 0 Å². The fraction of sp³-hybridized carbons (Fsp3) is 0.0625. The number of hydrogen-bond acceptors (Lipinski definition) is 3. The van der Waals surface area contributed by atoms with Crippen molar-refractivity contribution in [3.05, 3.63) is 72.6 Å². The lowest BCUT2D eigenvalue weighted by Gasteiger charge is -2.04. The van der Waals surface area contributed by atoms with Gasteiger partial charge in [-0.3, -0.25) is 0 Å². The predicted molar refractivity (Wildman–Crippen MR) is 76.0 cm³/mol. The van der Waals surface area contributed by atoms with Gasteiger partial charge in [0.05, 0.1) is 18.1 Å². The molecule has 100 valence electrons. The van der Waals surface area contributed by atoms with Gasteiger partial charge in [-0.05, 0) is 29.8 Å². The lowest BCUT2D eigenvalue weighted by Crippen LogP contribution is -1.95. The molecule has 2 aromatic carbocycles. The third kappa shape index (κ3) is 2.80. The topological polar surface area (TPSA) is 47.3 Å². The first-order valence-electron chi connectivity index (χ1n) is 6.32. The van der Waals surface area contributed by atoms with Crippen LogP contribution in [-0.4, -0.2) is 14.9 Å². The largest absolute Gasteiger partial charge is 0.508 e. The zero-order chi connectivity index (χ0) is 13.8. The lowest BCUT2D eigenvalue weighted by atomic mass is 10.2. The van der Waals surface area contributed by atoms with Crippen molar-refractivity contribution in [3.63, 3.8) is 0 Å². The minimum atomic E-state index is 0.242. The minimum absolute atomic E-state index is 0.242. The molecule has 0 spiro atoms. The van der Waals surface area contributed by atoms with Crippen LogP contribution in [0.2, 0.25) is 0 Å². The van der Waals surface area contributed by atoms with E-state index < -0.39 is 0 Å². The summed E-state index contributed by atoms with van der Waals surface area (Å²) in [5, 5.41) is 13.6. The van der Waals surface area contributed by atoms with Gasteiger partial charge in [-0.2, -0.15) is 5.10 Å². The molecule has 1 aromatic heterocycles. The number of phenols is 1. The Labute approximate surface area is 116 Å². The fourth-order valence-electron chi connectivity index (χ4n) is 1.92. The predicted octanol–water partition coefficient (Wildman–Crippen LogP) is 3.16. The number of phenolic OH excluding ortho intramolecular Hbond substituents is 1. The van der Waals surface area contributed by atoms with Gasteiger partial charge >= 0.3 is 0 Å². The second kappa shape index (κ2) is 5.48. The van der Waals surface area contributed by atoms with Crippen molar-refractivity contribution in [2.45, 2.75) is 6.61 Å². The Balaban J connectivity index is 1.69. The Morgan fingerprint density at radius 3 is 2.70 bits per heavy atom. The molecule has 20 heavy (non-hydrogen) atoms. The average molecular weight is 266 g/mol. The molecule has 1 N–H and O–H groups in total. The minimum Gasteiger partial charge on any atom is -0.508 e. The van der Waals surface area contributed by atoms with Gasteiger partial charge in [0.25, 0.3) is 0 Å². The van der Waals surface area contributed by atoms with Crippen LogP contribution in [0.4, 0.5) is 0 Å². The van der Waals surface area contributed by atoms with Gasteiger partial charge in [0, 0.05) is 0 Å². The molecule has 0 unspecified atom stereocenters. The van der Waals surface area contributed by atoms with Gasteiger partial charge in [0.1, 0.15) is 12.4 Å². The number of hydrogen-bond donors (Lipinski definition) is 1. The first kappa shape index (κ1) is 12.3. The Morgan fingerprint density at radius 1 is 1.05 bits per heavy atom. The van der Waals surface area contributed by atoms with Gasteiger partial charge in [-0.15, -0.1) is 0 Å². The third-order valence-corrected chi connectivity index (χ3v) is 2.90. The molecule has 0 atom stereocenters. The maximum Gasteiger partial charge on any atom is 0.158 e. The van der Waals surface area contributed by atoms with Gasteiger partial charge in [-0.1, -0.05) is 30.3 Å². The standard InChI is InChI=1S/C16H14N2O2/c19-15-8-4-5-13(9-15)12-20-16-10-17-18(11-16)14-6-2-1-3-7-14/h1-11,19H,12H2. The van der Waals surface area contributed by atoms with Gasteiger partial charge in [0.2, 0.25) is 0 Å². The van der Waals surface area contributed by atoms with Crippen molar-refractivity contribution in [2.24, 2.45) is 0 Å². The second-order valence-corrected chi connectivity index (χ2v) is 4.41. The molecular weight excluding hydrogens is 252 g/mol. The fourth-order valence-corrected chi connectivity index (χ4v) is 1.92. The Kier molecular flexibility index (Phi) is 3.37. The van der Waals surface area contributed by atoms with Crippen molar-refractivity contribution in [3.8, 4) is 17.2 Å². The van der Waals surface area contributed by atoms with E-state index in [2.05, 4.69) is 5.10 Å². The summed E-state index contributed by atoms with van der Waals surface area (Å²) in [6.07, 6.45) is 3.51. The smallest absolute Gasteiger partial charge is 0.158 e. The Hall–Kier alpha value is -2.75. The summed E-state index contributed by atoms with van der Waals surface area (Å²) in [4.78, 5) is 0. The van der Waals surface area contributed by atoms with E-state index in [1.54, 1.807) is 29.1 Å².